The van der Waals surface area contributed by atoms with Crippen molar-refractivity contribution in [3.63, 3.8) is 0 Å². The van der Waals surface area contributed by atoms with Gasteiger partial charge in [0.25, 0.3) is 0 Å². The molecule has 16 heavy (non-hydrogen) atoms. The molecule has 96 valence electrons. The Morgan fingerprint density at radius 3 is 2.19 bits per heavy atom. The third kappa shape index (κ3) is 5.25. The van der Waals surface area contributed by atoms with Gasteiger partial charge in [0.05, 0.1) is 6.10 Å². The Kier molecular flexibility index (Phi) is 6.28. The molecule has 1 saturated heterocycles. The fourth-order valence-electron chi connectivity index (χ4n) is 2.01. The number of piperazine rings is 1. The Hall–Kier alpha value is -0.160. The lowest BCUT2D eigenvalue weighted by Crippen LogP contribution is -2.49. The van der Waals surface area contributed by atoms with Gasteiger partial charge in [-0.1, -0.05) is 13.8 Å². The van der Waals surface area contributed by atoms with Crippen molar-refractivity contribution in [2.24, 2.45) is 11.7 Å². The highest BCUT2D eigenvalue weighted by atomic mass is 16.3. The van der Waals surface area contributed by atoms with Crippen molar-refractivity contribution in [1.82, 2.24) is 9.80 Å². The number of nitrogens with two attached hydrogens (primary N) is 1. The van der Waals surface area contributed by atoms with Crippen LogP contribution >= 0.6 is 0 Å². The second-order valence-electron chi connectivity index (χ2n) is 5.21. The number of hydrogen-bond donors (Lipinski definition) is 2. The zero-order valence-corrected chi connectivity index (χ0v) is 10.7. The summed E-state index contributed by atoms with van der Waals surface area (Å²) < 4.78 is 0. The van der Waals surface area contributed by atoms with E-state index in [1.54, 1.807) is 0 Å². The first kappa shape index (κ1) is 13.9. The van der Waals surface area contributed by atoms with Crippen LogP contribution in [0.15, 0.2) is 0 Å². The van der Waals surface area contributed by atoms with Gasteiger partial charge in [-0.25, -0.2) is 0 Å². The van der Waals surface area contributed by atoms with Crippen LogP contribution in [0.25, 0.3) is 0 Å². The molecule has 3 N–H and O–H groups in total. The minimum Gasteiger partial charge on any atom is -0.390 e. The van der Waals surface area contributed by atoms with E-state index in [0.717, 1.165) is 38.6 Å². The first-order valence-corrected chi connectivity index (χ1v) is 6.44. The van der Waals surface area contributed by atoms with Gasteiger partial charge >= 0.3 is 0 Å². The van der Waals surface area contributed by atoms with Crippen LogP contribution < -0.4 is 5.73 Å². The maximum atomic E-state index is 9.47. The van der Waals surface area contributed by atoms with E-state index in [9.17, 15) is 5.11 Å². The average molecular weight is 229 g/mol. The summed E-state index contributed by atoms with van der Waals surface area (Å²) in [4.78, 5) is 4.83. The summed E-state index contributed by atoms with van der Waals surface area (Å²) in [5.74, 6) is 0.789. The predicted octanol–water partition coefficient (Wildman–Crippen LogP) is -0.0303. The first-order valence-electron chi connectivity index (χ1n) is 6.44. The molecule has 1 atom stereocenters. The molecule has 0 aromatic heterocycles. The van der Waals surface area contributed by atoms with Gasteiger partial charge in [0.2, 0.25) is 0 Å². The van der Waals surface area contributed by atoms with Crippen LogP contribution in [0.4, 0.5) is 0 Å². The lowest BCUT2D eigenvalue weighted by Gasteiger charge is -2.35. The molecule has 4 nitrogen and oxygen atoms in total. The Balaban J connectivity index is 2.13. The molecular weight excluding hydrogens is 202 g/mol. The number of hydrogen-bond acceptors (Lipinski definition) is 4. The summed E-state index contributed by atoms with van der Waals surface area (Å²) in [6, 6.07) is 0. The van der Waals surface area contributed by atoms with Gasteiger partial charge in [-0.05, 0) is 18.9 Å². The number of nitrogens with zero attached hydrogens (tertiary/aromatic N) is 2. The number of β-amino-alcohol motifs (C(OH)–C–C–N with tert-alkyl or cyclic N) is 1. The van der Waals surface area contributed by atoms with Crippen molar-refractivity contribution in [2.75, 3.05) is 45.8 Å². The quantitative estimate of drug-likeness (QED) is 0.671. The van der Waals surface area contributed by atoms with Crippen LogP contribution in [0.5, 0.6) is 0 Å². The predicted molar refractivity (Wildman–Crippen MR) is 67.4 cm³/mol. The maximum Gasteiger partial charge on any atom is 0.0789 e. The van der Waals surface area contributed by atoms with Crippen LogP contribution in [-0.2, 0) is 0 Å². The van der Waals surface area contributed by atoms with Crippen LogP contribution in [0.2, 0.25) is 0 Å². The van der Waals surface area contributed by atoms with Crippen molar-refractivity contribution in [3.05, 3.63) is 0 Å². The van der Waals surface area contributed by atoms with Crippen LogP contribution in [0.3, 0.4) is 0 Å². The molecule has 0 radical (unpaired) electrons. The molecule has 0 amide bonds. The second-order valence-corrected chi connectivity index (χ2v) is 5.21. The lowest BCUT2D eigenvalue weighted by atomic mass is 10.1. The highest BCUT2D eigenvalue weighted by Gasteiger charge is 2.18. The van der Waals surface area contributed by atoms with Gasteiger partial charge in [0, 0.05) is 39.3 Å². The minimum atomic E-state index is -0.359. The molecular formula is C12H27N3O. The highest BCUT2D eigenvalue weighted by molar-refractivity contribution is 4.74. The maximum absolute atomic E-state index is 9.47. The van der Waals surface area contributed by atoms with E-state index >= 15 is 0 Å². The Bertz CT molecular complexity index is 179. The van der Waals surface area contributed by atoms with Gasteiger partial charge in [0.1, 0.15) is 0 Å². The number of aliphatic hydroxyl groups excluding tert-OH is 1. The average Bonchev–Trinajstić information content (AvgIpc) is 2.28. The van der Waals surface area contributed by atoms with Gasteiger partial charge in [-0.2, -0.15) is 0 Å². The lowest BCUT2D eigenvalue weighted by molar-refractivity contribution is 0.0749. The molecule has 1 fully saturated rings. The summed E-state index contributed by atoms with van der Waals surface area (Å²) in [6.45, 7) is 11.2. The monoisotopic (exact) mass is 229 g/mol. The van der Waals surface area contributed by atoms with Crippen molar-refractivity contribution >= 4 is 0 Å². The van der Waals surface area contributed by atoms with Crippen molar-refractivity contribution in [3.8, 4) is 0 Å². The van der Waals surface area contributed by atoms with Crippen molar-refractivity contribution in [2.45, 2.75) is 26.4 Å². The molecule has 1 heterocycles. The zero-order chi connectivity index (χ0) is 12.0. The summed E-state index contributed by atoms with van der Waals surface area (Å²) in [5, 5.41) is 9.47. The fourth-order valence-corrected chi connectivity index (χ4v) is 2.01. The van der Waals surface area contributed by atoms with Crippen molar-refractivity contribution in [1.29, 1.82) is 0 Å². The minimum absolute atomic E-state index is 0.359. The van der Waals surface area contributed by atoms with Crippen LogP contribution in [0, 0.1) is 5.92 Å². The molecule has 4 heteroatoms. The zero-order valence-electron chi connectivity index (χ0n) is 10.7. The van der Waals surface area contributed by atoms with Crippen LogP contribution in [0.1, 0.15) is 20.3 Å². The summed E-state index contributed by atoms with van der Waals surface area (Å²) >= 11 is 0. The van der Waals surface area contributed by atoms with E-state index in [1.807, 2.05) is 0 Å². The summed E-state index contributed by atoms with van der Waals surface area (Å²) in [7, 11) is 0. The molecule has 0 saturated carbocycles. The second kappa shape index (κ2) is 7.22. The highest BCUT2D eigenvalue weighted by Crippen LogP contribution is 2.06. The third-order valence-corrected chi connectivity index (χ3v) is 3.23. The van der Waals surface area contributed by atoms with E-state index < -0.39 is 0 Å². The molecule has 1 rings (SSSR count). The molecule has 0 bridgehead atoms. The SMILES string of the molecule is CC(C)CCN1CCN(CC(O)CN)CC1. The summed E-state index contributed by atoms with van der Waals surface area (Å²) in [5.41, 5.74) is 5.41. The molecule has 1 aliphatic rings. The molecule has 0 aromatic carbocycles. The van der Waals surface area contributed by atoms with E-state index in [-0.39, 0.29) is 6.10 Å². The van der Waals surface area contributed by atoms with Gasteiger partial charge < -0.3 is 15.7 Å². The largest absolute Gasteiger partial charge is 0.390 e. The van der Waals surface area contributed by atoms with E-state index in [4.69, 9.17) is 5.73 Å². The van der Waals surface area contributed by atoms with Crippen LogP contribution in [-0.4, -0.2) is 66.8 Å². The smallest absolute Gasteiger partial charge is 0.0789 e. The normalized spacial score (nSPS) is 21.6. The molecule has 0 aliphatic carbocycles. The molecule has 0 aromatic rings. The van der Waals surface area contributed by atoms with Gasteiger partial charge in [0.15, 0.2) is 0 Å². The van der Waals surface area contributed by atoms with E-state index in [0.29, 0.717) is 6.54 Å². The fraction of sp³-hybridized carbons (Fsp3) is 1.00. The standard InChI is InChI=1S/C12H27N3O/c1-11(2)3-4-14-5-7-15(8-6-14)10-12(16)9-13/h11-12,16H,3-10,13H2,1-2H3. The summed E-state index contributed by atoms with van der Waals surface area (Å²) in [6.07, 6.45) is 0.924. The molecule has 1 unspecified atom stereocenters. The molecule has 1 aliphatic heterocycles. The number of aliphatic hydroxyl groups is 1. The third-order valence-electron chi connectivity index (χ3n) is 3.23. The first-order chi connectivity index (χ1) is 7.61. The number of rotatable bonds is 6. The Morgan fingerprint density at radius 1 is 1.12 bits per heavy atom. The van der Waals surface area contributed by atoms with E-state index in [2.05, 4.69) is 23.6 Å². The van der Waals surface area contributed by atoms with Crippen molar-refractivity contribution < 1.29 is 5.11 Å². The van der Waals surface area contributed by atoms with E-state index in [1.165, 1.54) is 13.0 Å². The molecule has 0 spiro atoms. The van der Waals surface area contributed by atoms with Gasteiger partial charge in [-0.15, -0.1) is 0 Å². The Morgan fingerprint density at radius 2 is 1.69 bits per heavy atom. The van der Waals surface area contributed by atoms with Gasteiger partial charge in [-0.3, -0.25) is 4.90 Å². The topological polar surface area (TPSA) is 52.7 Å². The Labute approximate surface area is 99.4 Å².